The third-order valence-corrected chi connectivity index (χ3v) is 4.61. The first kappa shape index (κ1) is 18.4. The van der Waals surface area contributed by atoms with Crippen molar-refractivity contribution in [2.24, 2.45) is 0 Å². The van der Waals surface area contributed by atoms with E-state index in [2.05, 4.69) is 20.8 Å². The highest BCUT2D eigenvalue weighted by molar-refractivity contribution is 6.24. The molecule has 2 aromatic carbocycles. The highest BCUT2D eigenvalue weighted by Gasteiger charge is 2.38. The van der Waals surface area contributed by atoms with Crippen molar-refractivity contribution in [3.63, 3.8) is 0 Å². The Morgan fingerprint density at radius 2 is 1.76 bits per heavy atom. The maximum atomic E-state index is 13.5. The van der Waals surface area contributed by atoms with Gasteiger partial charge >= 0.3 is 5.97 Å². The number of fused-ring (bicyclic) bond motifs is 1. The SMILES string of the molecule is COC(=O)C1=C(C(=O)c2ccccc2)[C@H](c2ccc(OC)cc2)Nc2nnnn21. The molecular formula is C20H17N5O4. The molecule has 1 aliphatic rings. The molecule has 0 saturated carbocycles. The van der Waals surface area contributed by atoms with Crippen LogP contribution in [0.15, 0.2) is 60.2 Å². The molecule has 0 saturated heterocycles. The number of methoxy groups -OCH3 is 2. The molecule has 1 N–H and O–H groups in total. The van der Waals surface area contributed by atoms with Gasteiger partial charge in [-0.2, -0.15) is 4.68 Å². The number of carbonyl (C=O) groups is 2. The first-order valence-corrected chi connectivity index (χ1v) is 8.75. The second-order valence-electron chi connectivity index (χ2n) is 6.21. The Morgan fingerprint density at radius 3 is 2.41 bits per heavy atom. The number of hydrogen-bond acceptors (Lipinski definition) is 8. The van der Waals surface area contributed by atoms with Gasteiger partial charge in [0, 0.05) is 5.56 Å². The molecule has 4 rings (SSSR count). The molecule has 29 heavy (non-hydrogen) atoms. The minimum Gasteiger partial charge on any atom is -0.497 e. The average Bonchev–Trinajstić information content (AvgIpc) is 3.26. The zero-order valence-corrected chi connectivity index (χ0v) is 15.7. The number of nitrogens with zero attached hydrogens (tertiary/aromatic N) is 4. The van der Waals surface area contributed by atoms with Crippen LogP contribution in [0.1, 0.15) is 22.0 Å². The van der Waals surface area contributed by atoms with Crippen molar-refractivity contribution < 1.29 is 19.1 Å². The predicted molar refractivity (Wildman–Crippen MR) is 103 cm³/mol. The standard InChI is InChI=1S/C20H17N5O4/c1-28-14-10-8-12(9-11-14)16-15(18(26)13-6-4-3-5-7-13)17(19(27)29-2)25-20(21-16)22-23-24-25/h3-11,16H,1-2H3,(H,21,22,24)/t16-/m0/s1. The summed E-state index contributed by atoms with van der Waals surface area (Å²) in [5, 5.41) is 14.5. The summed E-state index contributed by atoms with van der Waals surface area (Å²) >= 11 is 0. The molecule has 0 spiro atoms. The number of hydrogen-bond donors (Lipinski definition) is 1. The van der Waals surface area contributed by atoms with E-state index in [0.717, 1.165) is 5.56 Å². The third-order valence-electron chi connectivity index (χ3n) is 4.61. The van der Waals surface area contributed by atoms with Crippen molar-refractivity contribution in [1.82, 2.24) is 20.2 Å². The van der Waals surface area contributed by atoms with Crippen LogP contribution in [0.4, 0.5) is 5.95 Å². The highest BCUT2D eigenvalue weighted by atomic mass is 16.5. The normalized spacial score (nSPS) is 15.3. The number of esters is 1. The largest absolute Gasteiger partial charge is 0.497 e. The van der Waals surface area contributed by atoms with Gasteiger partial charge in [0.25, 0.3) is 0 Å². The summed E-state index contributed by atoms with van der Waals surface area (Å²) in [6.45, 7) is 0. The Kier molecular flexibility index (Phi) is 4.78. The van der Waals surface area contributed by atoms with Gasteiger partial charge in [-0.25, -0.2) is 4.79 Å². The van der Waals surface area contributed by atoms with Crippen LogP contribution >= 0.6 is 0 Å². The maximum Gasteiger partial charge on any atom is 0.357 e. The Morgan fingerprint density at radius 1 is 1.03 bits per heavy atom. The van der Waals surface area contributed by atoms with Gasteiger partial charge in [0.05, 0.1) is 25.8 Å². The lowest BCUT2D eigenvalue weighted by molar-refractivity contribution is -0.134. The molecule has 9 heteroatoms. The highest BCUT2D eigenvalue weighted by Crippen LogP contribution is 2.37. The van der Waals surface area contributed by atoms with E-state index in [4.69, 9.17) is 9.47 Å². The van der Waals surface area contributed by atoms with Gasteiger partial charge in [-0.1, -0.05) is 47.6 Å². The molecule has 0 fully saturated rings. The number of ether oxygens (including phenoxy) is 2. The average molecular weight is 391 g/mol. The first-order chi connectivity index (χ1) is 14.1. The van der Waals surface area contributed by atoms with Crippen molar-refractivity contribution in [3.8, 4) is 5.75 Å². The molecule has 2 heterocycles. The van der Waals surface area contributed by atoms with Crippen LogP contribution in [0.25, 0.3) is 5.70 Å². The molecule has 1 aromatic heterocycles. The van der Waals surface area contributed by atoms with E-state index in [0.29, 0.717) is 11.3 Å². The van der Waals surface area contributed by atoms with Crippen molar-refractivity contribution in [2.75, 3.05) is 19.5 Å². The number of Topliss-reactive ketones (excluding diaryl/α,β-unsaturated/α-hetero) is 1. The Hall–Kier alpha value is -4.01. The third kappa shape index (κ3) is 3.22. The quantitative estimate of drug-likeness (QED) is 0.520. The van der Waals surface area contributed by atoms with E-state index in [9.17, 15) is 9.59 Å². The van der Waals surface area contributed by atoms with Gasteiger partial charge < -0.3 is 14.8 Å². The lowest BCUT2D eigenvalue weighted by Crippen LogP contribution is -2.31. The number of aromatic nitrogens is 4. The lowest BCUT2D eigenvalue weighted by atomic mass is 9.89. The smallest absolute Gasteiger partial charge is 0.357 e. The van der Waals surface area contributed by atoms with Crippen LogP contribution in [0, 0.1) is 0 Å². The summed E-state index contributed by atoms with van der Waals surface area (Å²) in [6, 6.07) is 15.2. The molecular weight excluding hydrogens is 374 g/mol. The number of anilines is 1. The Balaban J connectivity index is 1.93. The summed E-state index contributed by atoms with van der Waals surface area (Å²) in [7, 11) is 2.82. The van der Waals surface area contributed by atoms with Crippen molar-refractivity contribution in [3.05, 3.63) is 71.3 Å². The van der Waals surface area contributed by atoms with Crippen molar-refractivity contribution in [2.45, 2.75) is 6.04 Å². The molecule has 0 radical (unpaired) electrons. The topological polar surface area (TPSA) is 108 Å². The number of nitrogens with one attached hydrogen (secondary N) is 1. The molecule has 0 aliphatic carbocycles. The van der Waals surface area contributed by atoms with E-state index >= 15 is 0 Å². The molecule has 9 nitrogen and oxygen atoms in total. The Bertz CT molecular complexity index is 1090. The number of ketones is 1. The van der Waals surface area contributed by atoms with Gasteiger partial charge in [-0.05, 0) is 28.1 Å². The van der Waals surface area contributed by atoms with Gasteiger partial charge in [-0.15, -0.1) is 0 Å². The van der Waals surface area contributed by atoms with Crippen LogP contribution < -0.4 is 10.1 Å². The van der Waals surface area contributed by atoms with E-state index < -0.39 is 12.0 Å². The molecule has 1 atom stereocenters. The summed E-state index contributed by atoms with van der Waals surface area (Å²) in [6.07, 6.45) is 0. The second kappa shape index (κ2) is 7.55. The first-order valence-electron chi connectivity index (χ1n) is 8.75. The van der Waals surface area contributed by atoms with E-state index in [1.54, 1.807) is 43.5 Å². The molecule has 1 aliphatic heterocycles. The molecule has 146 valence electrons. The predicted octanol–water partition coefficient (Wildman–Crippen LogP) is 2.12. The van der Waals surface area contributed by atoms with E-state index in [-0.39, 0.29) is 23.0 Å². The van der Waals surface area contributed by atoms with Crippen LogP contribution in [0.5, 0.6) is 5.75 Å². The molecule has 3 aromatic rings. The summed E-state index contributed by atoms with van der Waals surface area (Å²) in [5.74, 6) is -0.142. The maximum absolute atomic E-state index is 13.5. The zero-order chi connectivity index (χ0) is 20.4. The van der Waals surface area contributed by atoms with Crippen LogP contribution in [-0.2, 0) is 9.53 Å². The van der Waals surface area contributed by atoms with Crippen LogP contribution in [0.2, 0.25) is 0 Å². The summed E-state index contributed by atoms with van der Waals surface area (Å²) in [5.41, 5.74) is 1.33. The minimum atomic E-state index is -0.710. The summed E-state index contributed by atoms with van der Waals surface area (Å²) in [4.78, 5) is 26.1. The van der Waals surface area contributed by atoms with Crippen molar-refractivity contribution in [1.29, 1.82) is 0 Å². The number of tetrazole rings is 1. The van der Waals surface area contributed by atoms with Gasteiger partial charge in [0.1, 0.15) is 5.75 Å². The molecule has 0 unspecified atom stereocenters. The number of carbonyl (C=O) groups excluding carboxylic acids is 2. The van der Waals surface area contributed by atoms with E-state index in [1.165, 1.54) is 11.8 Å². The fourth-order valence-electron chi connectivity index (χ4n) is 3.20. The van der Waals surface area contributed by atoms with Gasteiger partial charge in [0.2, 0.25) is 5.95 Å². The lowest BCUT2D eigenvalue weighted by Gasteiger charge is -2.28. The summed E-state index contributed by atoms with van der Waals surface area (Å²) < 4.78 is 11.3. The monoisotopic (exact) mass is 391 g/mol. The molecule has 0 amide bonds. The fraction of sp³-hybridized carbons (Fsp3) is 0.150. The zero-order valence-electron chi connectivity index (χ0n) is 15.7. The number of benzene rings is 2. The van der Waals surface area contributed by atoms with Crippen molar-refractivity contribution >= 4 is 23.4 Å². The van der Waals surface area contributed by atoms with E-state index in [1.807, 2.05) is 18.2 Å². The Labute approximate surface area is 165 Å². The minimum absolute atomic E-state index is 0.0269. The number of rotatable bonds is 5. The van der Waals surface area contributed by atoms with Gasteiger partial charge in [0.15, 0.2) is 11.5 Å². The van der Waals surface area contributed by atoms with Gasteiger partial charge in [-0.3, -0.25) is 4.79 Å². The fourth-order valence-corrected chi connectivity index (χ4v) is 3.20. The molecule has 0 bridgehead atoms. The second-order valence-corrected chi connectivity index (χ2v) is 6.21. The van der Waals surface area contributed by atoms with Crippen LogP contribution in [0.3, 0.4) is 0 Å². The van der Waals surface area contributed by atoms with Crippen LogP contribution in [-0.4, -0.2) is 46.2 Å².